The lowest BCUT2D eigenvalue weighted by Gasteiger charge is -2.06. The van der Waals surface area contributed by atoms with E-state index < -0.39 is 0 Å². The number of unbranched alkanes of at least 4 members (excludes halogenated alkanes) is 8. The highest BCUT2D eigenvalue weighted by Gasteiger charge is 2.06. The van der Waals surface area contributed by atoms with Crippen molar-refractivity contribution in [2.45, 2.75) is 84.0 Å². The molecule has 0 spiro atoms. The Balaban J connectivity index is 2.06. The average molecular weight is 335 g/mol. The Morgan fingerprint density at radius 1 is 0.958 bits per heavy atom. The van der Waals surface area contributed by atoms with Gasteiger partial charge in [0.25, 0.3) is 0 Å². The molecule has 0 saturated carbocycles. The van der Waals surface area contributed by atoms with Crippen molar-refractivity contribution in [3.63, 3.8) is 0 Å². The molecule has 1 rings (SSSR count). The molecule has 3 heteroatoms. The van der Waals surface area contributed by atoms with Crippen LogP contribution in [0.15, 0.2) is 18.2 Å². The second-order valence-electron chi connectivity index (χ2n) is 6.62. The Morgan fingerprint density at radius 2 is 1.58 bits per heavy atom. The molecule has 0 saturated heterocycles. The summed E-state index contributed by atoms with van der Waals surface area (Å²) in [5.74, 6) is 0.950. The zero-order valence-electron chi connectivity index (χ0n) is 15.5. The molecule has 0 aliphatic carbocycles. The minimum Gasteiger partial charge on any atom is -0.504 e. The van der Waals surface area contributed by atoms with Crippen molar-refractivity contribution >= 4 is 5.78 Å². The van der Waals surface area contributed by atoms with Gasteiger partial charge in [0.05, 0.1) is 7.11 Å². The number of ether oxygens (including phenoxy) is 1. The molecule has 3 nitrogen and oxygen atoms in total. The molecule has 1 aromatic carbocycles. The fraction of sp³-hybridized carbons (Fsp3) is 0.667. The van der Waals surface area contributed by atoms with Gasteiger partial charge in [0, 0.05) is 12.8 Å². The number of carbonyl (C=O) groups excluding carboxylic acids is 1. The highest BCUT2D eigenvalue weighted by molar-refractivity contribution is 5.78. The number of hydrogen-bond acceptors (Lipinski definition) is 3. The zero-order valence-corrected chi connectivity index (χ0v) is 15.5. The van der Waals surface area contributed by atoms with E-state index in [9.17, 15) is 9.90 Å². The van der Waals surface area contributed by atoms with Gasteiger partial charge in [-0.1, -0.05) is 64.4 Å². The Hall–Kier alpha value is -1.51. The maximum absolute atomic E-state index is 12.0. The van der Waals surface area contributed by atoms with E-state index in [0.717, 1.165) is 12.0 Å². The van der Waals surface area contributed by atoms with Crippen molar-refractivity contribution < 1.29 is 14.6 Å². The topological polar surface area (TPSA) is 46.5 Å². The summed E-state index contributed by atoms with van der Waals surface area (Å²) in [4.78, 5) is 12.0. The second kappa shape index (κ2) is 12.9. The number of methoxy groups -OCH3 is 1. The molecule has 0 aliphatic rings. The lowest BCUT2D eigenvalue weighted by atomic mass is 10.0. The van der Waals surface area contributed by atoms with Crippen LogP contribution in [0.2, 0.25) is 0 Å². The number of phenolic OH excluding ortho intramolecular Hbond substituents is 1. The Bertz CT molecular complexity index is 468. The number of aryl methyl sites for hydroxylation is 1. The summed E-state index contributed by atoms with van der Waals surface area (Å²) in [5, 5.41) is 9.57. The summed E-state index contributed by atoms with van der Waals surface area (Å²) in [6.45, 7) is 2.25. The van der Waals surface area contributed by atoms with E-state index in [-0.39, 0.29) is 5.75 Å². The predicted molar refractivity (Wildman–Crippen MR) is 99.8 cm³/mol. The predicted octanol–water partition coefficient (Wildman–Crippen LogP) is 5.82. The summed E-state index contributed by atoms with van der Waals surface area (Å²) in [7, 11) is 1.54. The number of hydrogen-bond donors (Lipinski definition) is 1. The van der Waals surface area contributed by atoms with E-state index >= 15 is 0 Å². The van der Waals surface area contributed by atoms with Gasteiger partial charge in [-0.25, -0.2) is 0 Å². The summed E-state index contributed by atoms with van der Waals surface area (Å²) in [6.07, 6.45) is 13.5. The highest BCUT2D eigenvalue weighted by Crippen LogP contribution is 2.26. The van der Waals surface area contributed by atoms with E-state index in [1.165, 1.54) is 58.5 Å². The average Bonchev–Trinajstić information content (AvgIpc) is 2.59. The number of ketones is 1. The monoisotopic (exact) mass is 334 g/mol. The van der Waals surface area contributed by atoms with Crippen LogP contribution in [0, 0.1) is 0 Å². The van der Waals surface area contributed by atoms with Crippen LogP contribution in [0.4, 0.5) is 0 Å². The van der Waals surface area contributed by atoms with Crippen molar-refractivity contribution in [3.8, 4) is 11.5 Å². The van der Waals surface area contributed by atoms with Gasteiger partial charge in [-0.2, -0.15) is 0 Å². The molecule has 1 N–H and O–H groups in total. The molecule has 0 radical (unpaired) electrons. The van der Waals surface area contributed by atoms with Crippen LogP contribution >= 0.6 is 0 Å². The van der Waals surface area contributed by atoms with E-state index in [0.29, 0.717) is 30.8 Å². The van der Waals surface area contributed by atoms with E-state index in [1.54, 1.807) is 12.1 Å². The van der Waals surface area contributed by atoms with Crippen molar-refractivity contribution in [1.82, 2.24) is 0 Å². The standard InChI is InChI=1S/C21H34O3/c1-3-4-5-6-7-8-9-10-11-12-19(22)15-13-18-14-16-20(23)21(17-18)24-2/h14,16-17,23H,3-13,15H2,1-2H3. The first kappa shape index (κ1) is 20.5. The molecule has 0 unspecified atom stereocenters. The SMILES string of the molecule is CCCCCCCCCCCC(=O)CCc1ccc(O)c(OC)c1. The van der Waals surface area contributed by atoms with Crippen LogP contribution in [0.5, 0.6) is 11.5 Å². The second-order valence-corrected chi connectivity index (χ2v) is 6.62. The van der Waals surface area contributed by atoms with Gasteiger partial charge in [0.2, 0.25) is 0 Å². The number of rotatable bonds is 14. The quantitative estimate of drug-likeness (QED) is 0.436. The lowest BCUT2D eigenvalue weighted by Crippen LogP contribution is -2.00. The van der Waals surface area contributed by atoms with Gasteiger partial charge < -0.3 is 9.84 Å². The van der Waals surface area contributed by atoms with Crippen LogP contribution in [-0.4, -0.2) is 18.0 Å². The molecule has 0 amide bonds. The first-order valence-electron chi connectivity index (χ1n) is 9.55. The number of aromatic hydroxyl groups is 1. The number of phenols is 1. The molecule has 0 bridgehead atoms. The van der Waals surface area contributed by atoms with Gasteiger partial charge in [0.15, 0.2) is 11.5 Å². The third-order valence-corrected chi connectivity index (χ3v) is 4.50. The van der Waals surface area contributed by atoms with Crippen LogP contribution < -0.4 is 4.74 Å². The minimum absolute atomic E-state index is 0.141. The maximum Gasteiger partial charge on any atom is 0.160 e. The molecule has 136 valence electrons. The fourth-order valence-electron chi connectivity index (χ4n) is 2.92. The van der Waals surface area contributed by atoms with E-state index in [2.05, 4.69) is 6.92 Å². The molecule has 0 atom stereocenters. The number of benzene rings is 1. The number of Topliss-reactive ketones (excluding diaryl/α,β-unsaturated/α-hetero) is 1. The third kappa shape index (κ3) is 8.95. The van der Waals surface area contributed by atoms with Crippen LogP contribution in [0.25, 0.3) is 0 Å². The third-order valence-electron chi connectivity index (χ3n) is 4.50. The summed E-state index contributed by atoms with van der Waals surface area (Å²) >= 11 is 0. The molecule has 0 fully saturated rings. The molecule has 0 aromatic heterocycles. The largest absolute Gasteiger partial charge is 0.504 e. The molecule has 0 heterocycles. The van der Waals surface area contributed by atoms with Gasteiger partial charge >= 0.3 is 0 Å². The van der Waals surface area contributed by atoms with E-state index in [1.807, 2.05) is 6.07 Å². The zero-order chi connectivity index (χ0) is 17.6. The van der Waals surface area contributed by atoms with E-state index in [4.69, 9.17) is 4.74 Å². The minimum atomic E-state index is 0.141. The van der Waals surface area contributed by atoms with Gasteiger partial charge in [-0.15, -0.1) is 0 Å². The molecule has 0 aliphatic heterocycles. The van der Waals surface area contributed by atoms with Gasteiger partial charge in [-0.3, -0.25) is 4.79 Å². The van der Waals surface area contributed by atoms with Crippen LogP contribution in [0.1, 0.15) is 83.1 Å². The molecular formula is C21H34O3. The molecule has 1 aromatic rings. The van der Waals surface area contributed by atoms with Gasteiger partial charge in [-0.05, 0) is 30.5 Å². The Morgan fingerprint density at radius 3 is 2.21 bits per heavy atom. The number of carbonyl (C=O) groups is 1. The highest BCUT2D eigenvalue weighted by atomic mass is 16.5. The fourth-order valence-corrected chi connectivity index (χ4v) is 2.92. The Labute approximate surface area is 147 Å². The van der Waals surface area contributed by atoms with Crippen molar-refractivity contribution in [3.05, 3.63) is 23.8 Å². The summed E-state index contributed by atoms with van der Waals surface area (Å²) < 4.78 is 5.09. The van der Waals surface area contributed by atoms with Crippen molar-refractivity contribution in [1.29, 1.82) is 0 Å². The van der Waals surface area contributed by atoms with Crippen molar-refractivity contribution in [2.24, 2.45) is 0 Å². The summed E-state index contributed by atoms with van der Waals surface area (Å²) in [5.41, 5.74) is 1.03. The first-order chi connectivity index (χ1) is 11.7. The Kier molecular flexibility index (Phi) is 11.0. The molecule has 24 heavy (non-hydrogen) atoms. The van der Waals surface area contributed by atoms with Crippen molar-refractivity contribution in [2.75, 3.05) is 7.11 Å². The normalized spacial score (nSPS) is 10.8. The lowest BCUT2D eigenvalue weighted by molar-refractivity contribution is -0.119. The van der Waals surface area contributed by atoms with Crippen LogP contribution in [0.3, 0.4) is 0 Å². The van der Waals surface area contributed by atoms with Crippen LogP contribution in [-0.2, 0) is 11.2 Å². The summed E-state index contributed by atoms with van der Waals surface area (Å²) in [6, 6.07) is 5.28. The molecular weight excluding hydrogens is 300 g/mol. The smallest absolute Gasteiger partial charge is 0.160 e. The van der Waals surface area contributed by atoms with Gasteiger partial charge in [0.1, 0.15) is 5.78 Å². The maximum atomic E-state index is 12.0. The first-order valence-corrected chi connectivity index (χ1v) is 9.55.